The average Bonchev–Trinajstić information content (AvgIpc) is 0. The van der Waals surface area contributed by atoms with Crippen molar-refractivity contribution in [2.24, 2.45) is 0 Å². The van der Waals surface area contributed by atoms with E-state index in [2.05, 4.69) is 0 Å². The Kier molecular flexibility index (Phi) is 324000. The van der Waals surface area contributed by atoms with Gasteiger partial charge in [-0.1, -0.05) is 0 Å². The van der Waals surface area contributed by atoms with E-state index in [0.717, 1.165) is 0 Å². The summed E-state index contributed by atoms with van der Waals surface area (Å²) in [7, 11) is 0. The van der Waals surface area contributed by atoms with E-state index in [1.54, 1.807) is 0 Å². The Morgan fingerprint density at radius 2 is 0.182 bits per heavy atom. The standard InChI is InChI=1S/La.10H2O/h;10*1H2. The fourth-order valence-corrected chi connectivity index (χ4v) is 0. The van der Waals surface area contributed by atoms with Crippen LogP contribution >= 0.6 is 0 Å². The van der Waals surface area contributed by atoms with Gasteiger partial charge in [-0.2, -0.15) is 0 Å². The zero-order chi connectivity index (χ0) is 0. The van der Waals surface area contributed by atoms with E-state index in [4.69, 9.17) is 0 Å². The number of hydrogen-bond acceptors (Lipinski definition) is 0. The Hall–Kier alpha value is 0.795. The van der Waals surface area contributed by atoms with Crippen molar-refractivity contribution in [3.8, 4) is 0 Å². The smallest absolute Gasteiger partial charge is 0 e. The van der Waals surface area contributed by atoms with Crippen molar-refractivity contribution >= 4 is 0 Å². The Morgan fingerprint density at radius 1 is 0.182 bits per heavy atom. The first-order valence-corrected chi connectivity index (χ1v) is 0. The largest absolute Gasteiger partial charge is 0.412 e. The van der Waals surface area contributed by atoms with Crippen LogP contribution in [0.25, 0.3) is 0 Å². The van der Waals surface area contributed by atoms with Crippen molar-refractivity contribution in [1.82, 2.24) is 0 Å². The molecule has 0 aromatic carbocycles. The molecule has 0 saturated carbocycles. The molecule has 0 amide bonds. The minimum Gasteiger partial charge on any atom is -0.412 e. The molecule has 0 atom stereocenters. The molecular formula is H20LaO10. The zero-order valence-electron chi connectivity index (χ0n) is 5.58. The van der Waals surface area contributed by atoms with Gasteiger partial charge in [0.1, 0.15) is 0 Å². The molecule has 0 aromatic rings. The average molecular weight is 319 g/mol. The van der Waals surface area contributed by atoms with Gasteiger partial charge in [-0.25, -0.2) is 0 Å². The molecule has 0 aromatic heterocycles. The van der Waals surface area contributed by atoms with Crippen molar-refractivity contribution in [3.05, 3.63) is 0 Å². The molecule has 0 aliphatic carbocycles. The van der Waals surface area contributed by atoms with E-state index >= 15 is 0 Å². The van der Waals surface area contributed by atoms with Crippen LogP contribution in [0.1, 0.15) is 0 Å². The van der Waals surface area contributed by atoms with Crippen molar-refractivity contribution in [1.29, 1.82) is 0 Å². The molecule has 0 unspecified atom stereocenters. The second-order valence-electron chi connectivity index (χ2n) is 0. The van der Waals surface area contributed by atoms with Gasteiger partial charge in [0.25, 0.3) is 0 Å². The van der Waals surface area contributed by atoms with Crippen molar-refractivity contribution < 1.29 is 90.4 Å². The zero-order valence-corrected chi connectivity index (χ0v) is 9.20. The summed E-state index contributed by atoms with van der Waals surface area (Å²) in [6.45, 7) is 0. The molecule has 0 rings (SSSR count). The summed E-state index contributed by atoms with van der Waals surface area (Å²) >= 11 is 0. The van der Waals surface area contributed by atoms with Crippen LogP contribution in [0.5, 0.6) is 0 Å². The van der Waals surface area contributed by atoms with E-state index in [1.807, 2.05) is 0 Å². The van der Waals surface area contributed by atoms with Gasteiger partial charge in [0, 0.05) is 35.6 Å². The van der Waals surface area contributed by atoms with Crippen molar-refractivity contribution in [2.75, 3.05) is 0 Å². The molecule has 0 aliphatic heterocycles. The number of rotatable bonds is 0. The molecule has 0 saturated heterocycles. The van der Waals surface area contributed by atoms with E-state index in [-0.39, 0.29) is 90.4 Å². The van der Waals surface area contributed by atoms with Gasteiger partial charge in [-0.05, 0) is 0 Å². The maximum Gasteiger partial charge on any atom is 0 e. The van der Waals surface area contributed by atoms with E-state index in [9.17, 15) is 0 Å². The molecule has 20 N–H and O–H groups in total. The van der Waals surface area contributed by atoms with Crippen molar-refractivity contribution in [2.45, 2.75) is 0 Å². The van der Waals surface area contributed by atoms with Crippen molar-refractivity contribution in [3.63, 3.8) is 0 Å². The first-order chi connectivity index (χ1) is 0. The summed E-state index contributed by atoms with van der Waals surface area (Å²) in [5.41, 5.74) is 0. The molecule has 11 heavy (non-hydrogen) atoms. The summed E-state index contributed by atoms with van der Waals surface area (Å²) in [5.74, 6) is 0. The molecule has 0 heterocycles. The van der Waals surface area contributed by atoms with Crippen LogP contribution in [-0.2, 0) is 0 Å². The van der Waals surface area contributed by atoms with Crippen LogP contribution < -0.4 is 0 Å². The van der Waals surface area contributed by atoms with Gasteiger partial charge in [-0.3, -0.25) is 0 Å². The minimum atomic E-state index is 0. The molecule has 10 nitrogen and oxygen atoms in total. The second-order valence-corrected chi connectivity index (χ2v) is 0. The maximum absolute atomic E-state index is 0. The van der Waals surface area contributed by atoms with Gasteiger partial charge in [-0.15, -0.1) is 0 Å². The van der Waals surface area contributed by atoms with Crippen LogP contribution in [0, 0.1) is 35.6 Å². The topological polar surface area (TPSA) is 315 Å². The summed E-state index contributed by atoms with van der Waals surface area (Å²) in [5, 5.41) is 0. The summed E-state index contributed by atoms with van der Waals surface area (Å²) in [6.07, 6.45) is 0. The molecule has 11 heteroatoms. The van der Waals surface area contributed by atoms with Crippen LogP contribution in [0.3, 0.4) is 0 Å². The monoisotopic (exact) mass is 319 g/mol. The summed E-state index contributed by atoms with van der Waals surface area (Å²) < 4.78 is 0. The molecule has 1 radical (unpaired) electrons. The Morgan fingerprint density at radius 3 is 0.182 bits per heavy atom. The van der Waals surface area contributed by atoms with Gasteiger partial charge < -0.3 is 54.8 Å². The fraction of sp³-hybridized carbons (Fsp3) is 0. The molecule has 83 valence electrons. The van der Waals surface area contributed by atoms with Crippen LogP contribution in [0.15, 0.2) is 0 Å². The van der Waals surface area contributed by atoms with E-state index < -0.39 is 0 Å². The number of hydrogen-bond donors (Lipinski definition) is 0. The van der Waals surface area contributed by atoms with Crippen LogP contribution in [0.2, 0.25) is 0 Å². The van der Waals surface area contributed by atoms with Crippen LogP contribution in [-0.4, -0.2) is 54.8 Å². The fourth-order valence-electron chi connectivity index (χ4n) is 0. The van der Waals surface area contributed by atoms with Gasteiger partial charge in [0.2, 0.25) is 0 Å². The molecule has 0 aliphatic rings. The van der Waals surface area contributed by atoms with Gasteiger partial charge in [0.15, 0.2) is 0 Å². The van der Waals surface area contributed by atoms with Crippen LogP contribution in [0.4, 0.5) is 0 Å². The predicted octanol–water partition coefficient (Wildman–Crippen LogP) is -8.25. The third-order valence-electron chi connectivity index (χ3n) is 0. The second kappa shape index (κ2) is 1640. The summed E-state index contributed by atoms with van der Waals surface area (Å²) in [4.78, 5) is 0. The normalized spacial score (nSPS) is 0. The Balaban J connectivity index is 0. The molecule has 0 bridgehead atoms. The Labute approximate surface area is 90.3 Å². The first-order valence-electron chi connectivity index (χ1n) is 0. The Bertz CT molecular complexity index is 4.83. The third kappa shape index (κ3) is 1320. The van der Waals surface area contributed by atoms with Gasteiger partial charge >= 0.3 is 0 Å². The molecule has 0 fully saturated rings. The minimum absolute atomic E-state index is 0. The van der Waals surface area contributed by atoms with E-state index in [0.29, 0.717) is 0 Å². The predicted molar refractivity (Wildman–Crippen MR) is 36.1 cm³/mol. The molecule has 0 spiro atoms. The SMILES string of the molecule is O.O.O.O.O.O.O.O.O.O.[La]. The summed E-state index contributed by atoms with van der Waals surface area (Å²) in [6, 6.07) is 0. The van der Waals surface area contributed by atoms with E-state index in [1.165, 1.54) is 0 Å². The third-order valence-corrected chi connectivity index (χ3v) is 0. The maximum atomic E-state index is 0. The van der Waals surface area contributed by atoms with Gasteiger partial charge in [0.05, 0.1) is 0 Å². The quantitative estimate of drug-likeness (QED) is 0.401. The first kappa shape index (κ1) is 2180. The molecular weight excluding hydrogens is 299 g/mol.